The number of amides is 1. The van der Waals surface area contributed by atoms with Crippen molar-refractivity contribution in [1.82, 2.24) is 15.3 Å². The number of hydrogen-bond acceptors (Lipinski definition) is 6. The van der Waals surface area contributed by atoms with Gasteiger partial charge in [-0.3, -0.25) is 4.79 Å². The summed E-state index contributed by atoms with van der Waals surface area (Å²) in [5.41, 5.74) is -0.224. The molecule has 1 aliphatic rings. The second-order valence-electron chi connectivity index (χ2n) is 7.11. The molecule has 31 heavy (non-hydrogen) atoms. The van der Waals surface area contributed by atoms with Crippen LogP contribution in [0.25, 0.3) is 10.9 Å². The Morgan fingerprint density at radius 1 is 1.13 bits per heavy atom. The van der Waals surface area contributed by atoms with Gasteiger partial charge in [0, 0.05) is 23.7 Å². The lowest BCUT2D eigenvalue weighted by Gasteiger charge is -2.11. The molecular weight excluding hydrogens is 435 g/mol. The van der Waals surface area contributed by atoms with Crippen molar-refractivity contribution in [1.29, 1.82) is 0 Å². The second-order valence-corrected chi connectivity index (χ2v) is 9.34. The van der Waals surface area contributed by atoms with E-state index in [-0.39, 0.29) is 23.1 Å². The summed E-state index contributed by atoms with van der Waals surface area (Å²) in [7, 11) is -3.11. The minimum atomic E-state index is -4.48. The van der Waals surface area contributed by atoms with Crippen molar-refractivity contribution in [3.05, 3.63) is 59.9 Å². The van der Waals surface area contributed by atoms with E-state index in [0.29, 0.717) is 29.3 Å². The molecule has 0 unspecified atom stereocenters. The van der Waals surface area contributed by atoms with Gasteiger partial charge in [-0.25, -0.2) is 18.4 Å². The molecule has 1 N–H and O–H groups in total. The van der Waals surface area contributed by atoms with E-state index in [0.717, 1.165) is 12.1 Å². The highest BCUT2D eigenvalue weighted by Crippen LogP contribution is 2.30. The third kappa shape index (κ3) is 4.93. The zero-order chi connectivity index (χ0) is 22.2. The first-order valence-electron chi connectivity index (χ1n) is 9.22. The molecule has 3 aromatic rings. The minimum absolute atomic E-state index is 0.00261. The van der Waals surface area contributed by atoms with Gasteiger partial charge in [-0.1, -0.05) is 6.07 Å². The first-order chi connectivity index (χ1) is 14.6. The summed E-state index contributed by atoms with van der Waals surface area (Å²) in [6, 6.07) is 9.50. The molecule has 1 atom stereocenters. The number of rotatable bonds is 4. The molecule has 0 aliphatic carbocycles. The van der Waals surface area contributed by atoms with Crippen molar-refractivity contribution in [2.24, 2.45) is 0 Å². The average Bonchev–Trinajstić information content (AvgIpc) is 3.05. The van der Waals surface area contributed by atoms with Crippen LogP contribution in [0.4, 0.5) is 13.2 Å². The largest absolute Gasteiger partial charge is 0.439 e. The molecule has 2 aromatic heterocycles. The summed E-state index contributed by atoms with van der Waals surface area (Å²) in [5, 5.41) is 3.32. The number of carbonyl (C=O) groups excluding carboxylic acids is 1. The molecule has 4 rings (SSSR count). The van der Waals surface area contributed by atoms with Crippen LogP contribution in [0.1, 0.15) is 22.5 Å². The number of hydrogen-bond donors (Lipinski definition) is 1. The number of nitrogens with zero attached hydrogens (tertiary/aromatic N) is 2. The van der Waals surface area contributed by atoms with Crippen LogP contribution in [0, 0.1) is 0 Å². The molecule has 1 saturated heterocycles. The molecular formula is C20H16F3N3O4S. The molecule has 1 amide bonds. The fourth-order valence-corrected chi connectivity index (χ4v) is 4.86. The number of benzene rings is 1. The van der Waals surface area contributed by atoms with Crippen LogP contribution in [-0.2, 0) is 16.0 Å². The molecule has 7 nitrogen and oxygen atoms in total. The monoisotopic (exact) mass is 451 g/mol. The molecule has 3 heterocycles. The lowest BCUT2D eigenvalue weighted by atomic mass is 10.2. The van der Waals surface area contributed by atoms with Crippen LogP contribution in [0.5, 0.6) is 11.6 Å². The molecule has 1 aromatic carbocycles. The summed E-state index contributed by atoms with van der Waals surface area (Å²) < 4.78 is 66.4. The van der Waals surface area contributed by atoms with Crippen molar-refractivity contribution in [2.45, 2.75) is 18.6 Å². The highest BCUT2D eigenvalue weighted by molar-refractivity contribution is 7.91. The standard InChI is InChI=1S/C20H16F3N3O4S/c21-20(22,23)13-2-6-18(24-10-13)30-15-3-5-16-12(9-15)1-4-17(26-16)19(27)25-14-7-8-31(28,29)11-14/h1-6,9-10,14H,7-8,11H2,(H,25,27)/t14-/m1/s1. The highest BCUT2D eigenvalue weighted by Gasteiger charge is 2.31. The van der Waals surface area contributed by atoms with E-state index in [9.17, 15) is 26.4 Å². The summed E-state index contributed by atoms with van der Waals surface area (Å²) in [6.07, 6.45) is -3.41. The van der Waals surface area contributed by atoms with E-state index in [1.807, 2.05) is 0 Å². The van der Waals surface area contributed by atoms with Gasteiger partial charge in [0.1, 0.15) is 11.4 Å². The van der Waals surface area contributed by atoms with Crippen LogP contribution < -0.4 is 10.1 Å². The summed E-state index contributed by atoms with van der Waals surface area (Å²) in [6.45, 7) is 0. The predicted molar refractivity (Wildman–Crippen MR) is 106 cm³/mol. The van der Waals surface area contributed by atoms with Gasteiger partial charge in [0.2, 0.25) is 5.88 Å². The Labute approximate surface area is 175 Å². The molecule has 0 radical (unpaired) electrons. The molecule has 162 valence electrons. The SMILES string of the molecule is O=C(N[C@@H]1CCS(=O)(=O)C1)c1ccc2cc(Oc3ccc(C(F)(F)F)cn3)ccc2n1. The average molecular weight is 451 g/mol. The fourth-order valence-electron chi connectivity index (χ4n) is 3.19. The highest BCUT2D eigenvalue weighted by atomic mass is 32.2. The lowest BCUT2D eigenvalue weighted by molar-refractivity contribution is -0.137. The third-order valence-corrected chi connectivity index (χ3v) is 6.51. The van der Waals surface area contributed by atoms with E-state index in [4.69, 9.17) is 4.74 Å². The second kappa shape index (κ2) is 7.80. The number of halogens is 3. The maximum atomic E-state index is 12.6. The Hall–Kier alpha value is -3.21. The Bertz CT molecular complexity index is 1240. The molecule has 0 bridgehead atoms. The first kappa shape index (κ1) is 21.0. The van der Waals surface area contributed by atoms with Gasteiger partial charge in [0.05, 0.1) is 22.6 Å². The quantitative estimate of drug-likeness (QED) is 0.653. The van der Waals surface area contributed by atoms with E-state index in [1.165, 1.54) is 6.07 Å². The van der Waals surface area contributed by atoms with Crippen LogP contribution in [-0.4, -0.2) is 41.8 Å². The van der Waals surface area contributed by atoms with Gasteiger partial charge in [0.15, 0.2) is 9.84 Å². The fraction of sp³-hybridized carbons (Fsp3) is 0.250. The van der Waals surface area contributed by atoms with Crippen molar-refractivity contribution in [3.8, 4) is 11.6 Å². The first-order valence-corrected chi connectivity index (χ1v) is 11.0. The maximum Gasteiger partial charge on any atom is 0.417 e. The number of aromatic nitrogens is 2. The third-order valence-electron chi connectivity index (χ3n) is 4.75. The normalized spacial score (nSPS) is 18.1. The van der Waals surface area contributed by atoms with Crippen molar-refractivity contribution >= 4 is 26.6 Å². The smallest absolute Gasteiger partial charge is 0.417 e. The van der Waals surface area contributed by atoms with E-state index < -0.39 is 33.5 Å². The number of carbonyl (C=O) groups is 1. The molecule has 11 heteroatoms. The minimum Gasteiger partial charge on any atom is -0.439 e. The van der Waals surface area contributed by atoms with Gasteiger partial charge in [-0.15, -0.1) is 0 Å². The van der Waals surface area contributed by atoms with Gasteiger partial charge in [-0.2, -0.15) is 13.2 Å². The van der Waals surface area contributed by atoms with E-state index >= 15 is 0 Å². The van der Waals surface area contributed by atoms with E-state index in [1.54, 1.807) is 24.3 Å². The molecule has 0 spiro atoms. The number of alkyl halides is 3. The molecule has 0 saturated carbocycles. The summed E-state index contributed by atoms with van der Waals surface area (Å²) in [4.78, 5) is 20.3. The lowest BCUT2D eigenvalue weighted by Crippen LogP contribution is -2.36. The number of nitrogens with one attached hydrogen (secondary N) is 1. The van der Waals surface area contributed by atoms with Gasteiger partial charge in [0.25, 0.3) is 5.91 Å². The summed E-state index contributed by atoms with van der Waals surface area (Å²) in [5.74, 6) is -0.138. The Balaban J connectivity index is 1.47. The summed E-state index contributed by atoms with van der Waals surface area (Å²) >= 11 is 0. The maximum absolute atomic E-state index is 12.6. The molecule has 1 fully saturated rings. The van der Waals surface area contributed by atoms with Crippen LogP contribution in [0.3, 0.4) is 0 Å². The zero-order valence-corrected chi connectivity index (χ0v) is 16.7. The topological polar surface area (TPSA) is 98.2 Å². The Kier molecular flexibility index (Phi) is 5.29. The number of pyridine rings is 2. The van der Waals surface area contributed by atoms with Crippen molar-refractivity contribution in [2.75, 3.05) is 11.5 Å². The van der Waals surface area contributed by atoms with Crippen LogP contribution >= 0.6 is 0 Å². The number of sulfone groups is 1. The van der Waals surface area contributed by atoms with Gasteiger partial charge >= 0.3 is 6.18 Å². The number of ether oxygens (including phenoxy) is 1. The van der Waals surface area contributed by atoms with Crippen LogP contribution in [0.15, 0.2) is 48.7 Å². The van der Waals surface area contributed by atoms with Gasteiger partial charge < -0.3 is 10.1 Å². The molecule has 1 aliphatic heterocycles. The van der Waals surface area contributed by atoms with Crippen molar-refractivity contribution < 1.29 is 31.1 Å². The Morgan fingerprint density at radius 2 is 1.94 bits per heavy atom. The van der Waals surface area contributed by atoms with E-state index in [2.05, 4.69) is 15.3 Å². The number of fused-ring (bicyclic) bond motifs is 1. The predicted octanol–water partition coefficient (Wildman–Crippen LogP) is 3.36. The Morgan fingerprint density at radius 3 is 2.58 bits per heavy atom. The van der Waals surface area contributed by atoms with Gasteiger partial charge in [-0.05, 0) is 36.8 Å². The van der Waals surface area contributed by atoms with Crippen molar-refractivity contribution in [3.63, 3.8) is 0 Å². The van der Waals surface area contributed by atoms with Crippen LogP contribution in [0.2, 0.25) is 0 Å². The zero-order valence-electron chi connectivity index (χ0n) is 15.9.